The van der Waals surface area contributed by atoms with Crippen LogP contribution in [-0.2, 0) is 12.3 Å². The molecule has 0 spiro atoms. The fourth-order valence-electron chi connectivity index (χ4n) is 2.61. The van der Waals surface area contributed by atoms with Gasteiger partial charge in [-0.15, -0.1) is 28.1 Å². The number of aromatic amines is 1. The van der Waals surface area contributed by atoms with E-state index in [9.17, 15) is 4.79 Å². The number of nitrogens with zero attached hydrogens (tertiary/aromatic N) is 4. The van der Waals surface area contributed by atoms with Crippen molar-refractivity contribution in [1.29, 1.82) is 0 Å². The lowest BCUT2D eigenvalue weighted by Crippen LogP contribution is -2.09. The number of rotatable bonds is 6. The Morgan fingerprint density at radius 1 is 1.23 bits per heavy atom. The Labute approximate surface area is 157 Å². The van der Waals surface area contributed by atoms with E-state index in [0.29, 0.717) is 22.8 Å². The first-order valence-electron chi connectivity index (χ1n) is 7.95. The van der Waals surface area contributed by atoms with Gasteiger partial charge in [-0.2, -0.15) is 0 Å². The Kier molecular flexibility index (Phi) is 4.68. The zero-order chi connectivity index (χ0) is 17.9. The lowest BCUT2D eigenvalue weighted by molar-refractivity contribution is 0.730. The zero-order valence-electron chi connectivity index (χ0n) is 13.8. The van der Waals surface area contributed by atoms with Gasteiger partial charge in [-0.1, -0.05) is 48.2 Å². The van der Waals surface area contributed by atoms with Crippen LogP contribution in [0, 0.1) is 0 Å². The van der Waals surface area contributed by atoms with E-state index in [-0.39, 0.29) is 5.56 Å². The van der Waals surface area contributed by atoms with E-state index in [1.54, 1.807) is 0 Å². The first kappa shape index (κ1) is 16.7. The quantitative estimate of drug-likeness (QED) is 0.407. The van der Waals surface area contributed by atoms with Crippen molar-refractivity contribution in [2.45, 2.75) is 17.5 Å². The second-order valence-corrected chi connectivity index (χ2v) is 7.37. The number of H-pyrrole nitrogens is 1. The number of benzene rings is 1. The van der Waals surface area contributed by atoms with Crippen LogP contribution < -0.4 is 5.56 Å². The number of nitrogens with one attached hydrogen (secondary N) is 1. The normalized spacial score (nSPS) is 11.1. The third-order valence-electron chi connectivity index (χ3n) is 3.76. The van der Waals surface area contributed by atoms with Gasteiger partial charge < -0.3 is 4.98 Å². The van der Waals surface area contributed by atoms with Crippen molar-refractivity contribution in [2.24, 2.45) is 0 Å². The number of hydrogen-bond donors (Lipinski definition) is 1. The molecular weight excluding hydrogens is 366 g/mol. The fourth-order valence-corrected chi connectivity index (χ4v) is 4.16. The fraction of sp³-hybridized carbons (Fsp3) is 0.111. The van der Waals surface area contributed by atoms with E-state index < -0.39 is 0 Å². The molecule has 0 aliphatic carbocycles. The van der Waals surface area contributed by atoms with Gasteiger partial charge in [0.1, 0.15) is 10.5 Å². The summed E-state index contributed by atoms with van der Waals surface area (Å²) in [6.07, 6.45) is 1.82. The van der Waals surface area contributed by atoms with Crippen LogP contribution in [0.3, 0.4) is 0 Å². The number of fused-ring (bicyclic) bond motifs is 1. The third-order valence-corrected chi connectivity index (χ3v) is 5.64. The molecule has 6 nitrogen and oxygen atoms in total. The Balaban J connectivity index is 1.62. The van der Waals surface area contributed by atoms with Crippen LogP contribution in [0.2, 0.25) is 0 Å². The van der Waals surface area contributed by atoms with Gasteiger partial charge in [-0.25, -0.2) is 4.98 Å². The van der Waals surface area contributed by atoms with Crippen molar-refractivity contribution in [3.8, 4) is 11.4 Å². The molecule has 0 fully saturated rings. The van der Waals surface area contributed by atoms with Gasteiger partial charge in [-0.3, -0.25) is 9.36 Å². The van der Waals surface area contributed by atoms with Gasteiger partial charge in [0.05, 0.1) is 11.3 Å². The Morgan fingerprint density at radius 3 is 2.88 bits per heavy atom. The molecule has 0 aliphatic heterocycles. The highest BCUT2D eigenvalue weighted by Crippen LogP contribution is 2.26. The largest absolute Gasteiger partial charge is 0.309 e. The summed E-state index contributed by atoms with van der Waals surface area (Å²) < 4.78 is 2.66. The first-order valence-corrected chi connectivity index (χ1v) is 9.81. The number of allylic oxidation sites excluding steroid dienone is 1. The van der Waals surface area contributed by atoms with Crippen LogP contribution in [0.1, 0.15) is 5.82 Å². The third kappa shape index (κ3) is 3.21. The molecule has 0 aliphatic rings. The molecule has 1 aromatic carbocycles. The molecule has 3 heterocycles. The van der Waals surface area contributed by atoms with Crippen LogP contribution in [0.5, 0.6) is 0 Å². The SMILES string of the molecule is C=CCn1c(SCc2nc3ccsc3c(=O)[nH]2)nnc1-c1ccccc1. The van der Waals surface area contributed by atoms with E-state index >= 15 is 0 Å². The number of hydrogen-bond acceptors (Lipinski definition) is 6. The van der Waals surface area contributed by atoms with Gasteiger partial charge in [0.15, 0.2) is 11.0 Å². The molecule has 0 saturated heterocycles. The van der Waals surface area contributed by atoms with Crippen LogP contribution in [0.4, 0.5) is 0 Å². The highest BCUT2D eigenvalue weighted by Gasteiger charge is 2.14. The Morgan fingerprint density at radius 2 is 2.08 bits per heavy atom. The molecule has 0 saturated carbocycles. The second kappa shape index (κ2) is 7.27. The van der Waals surface area contributed by atoms with Gasteiger partial charge >= 0.3 is 0 Å². The molecule has 0 bridgehead atoms. The van der Waals surface area contributed by atoms with Crippen LogP contribution in [0.25, 0.3) is 21.6 Å². The van der Waals surface area contributed by atoms with Gasteiger partial charge in [-0.05, 0) is 11.4 Å². The molecule has 0 atom stereocenters. The monoisotopic (exact) mass is 381 g/mol. The molecule has 8 heteroatoms. The Bertz CT molecular complexity index is 1110. The molecule has 0 radical (unpaired) electrons. The molecule has 26 heavy (non-hydrogen) atoms. The standard InChI is InChI=1S/C18H15N5OS2/c1-2-9-23-16(12-6-4-3-5-7-12)21-22-18(23)26-11-14-19-13-8-10-25-15(13)17(24)20-14/h2-8,10H,1,9,11H2,(H,19,20,24). The maximum atomic E-state index is 12.1. The van der Waals surface area contributed by atoms with E-state index in [2.05, 4.69) is 26.7 Å². The van der Waals surface area contributed by atoms with Gasteiger partial charge in [0.25, 0.3) is 5.56 Å². The topological polar surface area (TPSA) is 76.5 Å². The van der Waals surface area contributed by atoms with Crippen molar-refractivity contribution in [3.63, 3.8) is 0 Å². The first-order chi connectivity index (χ1) is 12.8. The molecule has 1 N–H and O–H groups in total. The lowest BCUT2D eigenvalue weighted by Gasteiger charge is -2.07. The number of aromatic nitrogens is 5. The van der Waals surface area contributed by atoms with Crippen molar-refractivity contribution in [2.75, 3.05) is 0 Å². The highest BCUT2D eigenvalue weighted by atomic mass is 32.2. The summed E-state index contributed by atoms with van der Waals surface area (Å²) in [5, 5.41) is 11.3. The minimum Gasteiger partial charge on any atom is -0.309 e. The average molecular weight is 381 g/mol. The number of thiophene rings is 1. The van der Waals surface area contributed by atoms with E-state index in [1.807, 2.05) is 52.4 Å². The second-order valence-electron chi connectivity index (χ2n) is 5.51. The van der Waals surface area contributed by atoms with E-state index in [0.717, 1.165) is 22.1 Å². The molecule has 4 aromatic rings. The summed E-state index contributed by atoms with van der Waals surface area (Å²) in [4.78, 5) is 19.4. The highest BCUT2D eigenvalue weighted by molar-refractivity contribution is 7.98. The summed E-state index contributed by atoms with van der Waals surface area (Å²) in [5.41, 5.74) is 1.63. The van der Waals surface area contributed by atoms with E-state index in [1.165, 1.54) is 23.1 Å². The van der Waals surface area contributed by atoms with Crippen LogP contribution >= 0.6 is 23.1 Å². The summed E-state index contributed by atoms with van der Waals surface area (Å²) in [5.74, 6) is 1.92. The molecule has 130 valence electrons. The van der Waals surface area contributed by atoms with Gasteiger partial charge in [0, 0.05) is 12.1 Å². The summed E-state index contributed by atoms with van der Waals surface area (Å²) >= 11 is 2.88. The predicted octanol–water partition coefficient (Wildman–Crippen LogP) is 3.72. The summed E-state index contributed by atoms with van der Waals surface area (Å²) in [7, 11) is 0. The summed E-state index contributed by atoms with van der Waals surface area (Å²) in [6, 6.07) is 11.8. The maximum Gasteiger partial charge on any atom is 0.268 e. The Hall–Kier alpha value is -2.71. The van der Waals surface area contributed by atoms with Crippen molar-refractivity contribution >= 4 is 33.3 Å². The predicted molar refractivity (Wildman–Crippen MR) is 105 cm³/mol. The molecule has 0 unspecified atom stereocenters. The number of thioether (sulfide) groups is 1. The van der Waals surface area contributed by atoms with Crippen LogP contribution in [0.15, 0.2) is 64.4 Å². The lowest BCUT2D eigenvalue weighted by atomic mass is 10.2. The van der Waals surface area contributed by atoms with Gasteiger partial charge in [0.2, 0.25) is 0 Å². The molecular formula is C18H15N5OS2. The minimum atomic E-state index is -0.0990. The average Bonchev–Trinajstić information content (AvgIpc) is 3.28. The van der Waals surface area contributed by atoms with E-state index in [4.69, 9.17) is 0 Å². The van der Waals surface area contributed by atoms with Crippen molar-refractivity contribution in [3.05, 3.63) is 70.6 Å². The van der Waals surface area contributed by atoms with Crippen molar-refractivity contribution in [1.82, 2.24) is 24.7 Å². The zero-order valence-corrected chi connectivity index (χ0v) is 15.4. The smallest absolute Gasteiger partial charge is 0.268 e. The summed E-state index contributed by atoms with van der Waals surface area (Å²) in [6.45, 7) is 4.43. The molecule has 4 rings (SSSR count). The minimum absolute atomic E-state index is 0.0990. The molecule has 0 amide bonds. The van der Waals surface area contributed by atoms with Crippen molar-refractivity contribution < 1.29 is 0 Å². The molecule has 3 aromatic heterocycles. The maximum absolute atomic E-state index is 12.1. The van der Waals surface area contributed by atoms with Crippen LogP contribution in [-0.4, -0.2) is 24.7 Å².